The number of nitro benzene ring substituents is 1. The number of fused-ring (bicyclic) bond motifs is 3. The minimum absolute atomic E-state index is 0.0430. The zero-order valence-corrected chi connectivity index (χ0v) is 23.8. The molecule has 3 fully saturated rings. The van der Waals surface area contributed by atoms with Crippen molar-refractivity contribution < 1.29 is 51.9 Å². The van der Waals surface area contributed by atoms with Crippen molar-refractivity contribution in [2.24, 2.45) is 5.92 Å². The molecular formula is C31H30F3N3O8. The number of anilines is 1. The number of carbonyl (C=O) groups is 3. The smallest absolute Gasteiger partial charge is 0.430 e. The largest absolute Gasteiger partial charge is 0.542 e. The number of rotatable bonds is 8. The van der Waals surface area contributed by atoms with Crippen LogP contribution in [0.25, 0.3) is 0 Å². The summed E-state index contributed by atoms with van der Waals surface area (Å²) < 4.78 is 38.1. The van der Waals surface area contributed by atoms with Crippen LogP contribution in [-0.2, 0) is 24.7 Å². The zero-order valence-electron chi connectivity index (χ0n) is 23.8. The second-order valence-corrected chi connectivity index (χ2v) is 11.0. The first-order chi connectivity index (χ1) is 21.2. The van der Waals surface area contributed by atoms with E-state index in [0.717, 1.165) is 25.9 Å². The molecule has 0 saturated carbocycles. The minimum Gasteiger partial charge on any atom is -0.542 e. The van der Waals surface area contributed by atoms with Crippen LogP contribution in [0.3, 0.4) is 0 Å². The van der Waals surface area contributed by atoms with Gasteiger partial charge in [-0.25, -0.2) is 4.79 Å². The van der Waals surface area contributed by atoms with Crippen LogP contribution in [0, 0.1) is 16.0 Å². The number of nitro groups is 1. The van der Waals surface area contributed by atoms with Crippen molar-refractivity contribution in [2.75, 3.05) is 31.5 Å². The number of carbonyl (C=O) groups excluding carboxylic acids is 3. The number of esters is 1. The lowest BCUT2D eigenvalue weighted by Crippen LogP contribution is -2.66. The first-order valence-corrected chi connectivity index (χ1v) is 14.0. The molecule has 3 aromatic carbocycles. The van der Waals surface area contributed by atoms with E-state index in [1.165, 1.54) is 24.3 Å². The van der Waals surface area contributed by atoms with Crippen LogP contribution in [0.5, 0.6) is 0 Å². The highest BCUT2D eigenvalue weighted by molar-refractivity contribution is 5.91. The number of nitrogens with one attached hydrogen (secondary N) is 1. The van der Waals surface area contributed by atoms with Crippen LogP contribution in [0.4, 0.5) is 24.5 Å². The molecule has 3 heterocycles. The van der Waals surface area contributed by atoms with Crippen molar-refractivity contribution in [3.8, 4) is 0 Å². The van der Waals surface area contributed by atoms with E-state index in [4.69, 9.17) is 14.6 Å². The maximum Gasteiger partial charge on any atom is 0.430 e. The van der Waals surface area contributed by atoms with Crippen LogP contribution in [0.2, 0.25) is 0 Å². The lowest BCUT2D eigenvalue weighted by atomic mass is 9.82. The zero-order chi connectivity index (χ0) is 32.8. The Bertz CT molecular complexity index is 1470. The fourth-order valence-electron chi connectivity index (χ4n) is 5.73. The quantitative estimate of drug-likeness (QED) is 0.167. The Labute approximate surface area is 255 Å². The summed E-state index contributed by atoms with van der Waals surface area (Å²) in [6.07, 6.45) is -3.98. The van der Waals surface area contributed by atoms with Gasteiger partial charge in [0.05, 0.1) is 18.0 Å². The van der Waals surface area contributed by atoms with E-state index in [-0.39, 0.29) is 24.1 Å². The molecule has 0 aromatic heterocycles. The summed E-state index contributed by atoms with van der Waals surface area (Å²) in [5, 5.41) is 34.3. The number of aliphatic hydroxyl groups is 1. The molecule has 1 atom stereocenters. The van der Waals surface area contributed by atoms with Crippen LogP contribution < -0.4 is 10.4 Å². The molecule has 3 aliphatic heterocycles. The third kappa shape index (κ3) is 7.83. The van der Waals surface area contributed by atoms with E-state index in [2.05, 4.69) is 5.32 Å². The number of ether oxygens (including phenoxy) is 1. The van der Waals surface area contributed by atoms with Crippen molar-refractivity contribution >= 4 is 29.2 Å². The number of aliphatic carboxylic acids is 1. The summed E-state index contributed by atoms with van der Waals surface area (Å²) in [5.74, 6) is -3.75. The highest BCUT2D eigenvalue weighted by atomic mass is 19.4. The Balaban J connectivity index is 0.000000591. The van der Waals surface area contributed by atoms with Crippen LogP contribution in [0.1, 0.15) is 24.0 Å². The number of piperidine rings is 3. The monoisotopic (exact) mass is 629 g/mol. The summed E-state index contributed by atoms with van der Waals surface area (Å²) >= 11 is 0. The lowest BCUT2D eigenvalue weighted by molar-refractivity contribution is -0.939. The van der Waals surface area contributed by atoms with Gasteiger partial charge in [0.25, 0.3) is 11.6 Å². The number of carboxylic acid groups (broad SMARTS) is 1. The predicted octanol–water partition coefficient (Wildman–Crippen LogP) is 2.92. The molecule has 3 saturated heterocycles. The lowest BCUT2D eigenvalue weighted by Gasteiger charge is -2.51. The number of hydrogen-bond acceptors (Lipinski definition) is 8. The van der Waals surface area contributed by atoms with Crippen molar-refractivity contribution in [2.45, 2.75) is 30.7 Å². The van der Waals surface area contributed by atoms with Gasteiger partial charge in [-0.2, -0.15) is 13.2 Å². The number of amides is 1. The van der Waals surface area contributed by atoms with Gasteiger partial charge >= 0.3 is 12.1 Å². The van der Waals surface area contributed by atoms with Gasteiger partial charge in [0.2, 0.25) is 5.60 Å². The molecule has 2 N–H and O–H groups in total. The van der Waals surface area contributed by atoms with E-state index < -0.39 is 34.7 Å². The van der Waals surface area contributed by atoms with Gasteiger partial charge in [0.15, 0.2) is 12.6 Å². The molecule has 0 aliphatic carbocycles. The van der Waals surface area contributed by atoms with E-state index in [9.17, 15) is 38.0 Å². The summed E-state index contributed by atoms with van der Waals surface area (Å²) in [6, 6.07) is 23.3. The first kappa shape index (κ1) is 33.1. The molecular weight excluding hydrogens is 599 g/mol. The van der Waals surface area contributed by atoms with Gasteiger partial charge in [-0.15, -0.1) is 0 Å². The Morgan fingerprint density at radius 3 is 1.84 bits per heavy atom. The average Bonchev–Trinajstić information content (AvgIpc) is 3.02. The Morgan fingerprint density at radius 1 is 0.911 bits per heavy atom. The summed E-state index contributed by atoms with van der Waals surface area (Å²) in [5.41, 5.74) is -0.636. The molecule has 0 radical (unpaired) electrons. The van der Waals surface area contributed by atoms with Gasteiger partial charge in [0.1, 0.15) is 12.5 Å². The normalized spacial score (nSPS) is 20.7. The van der Waals surface area contributed by atoms with E-state index in [1.807, 2.05) is 12.1 Å². The van der Waals surface area contributed by atoms with Gasteiger partial charge in [-0.05, 0) is 23.3 Å². The minimum atomic E-state index is -5.19. The third-order valence-corrected chi connectivity index (χ3v) is 8.05. The number of carboxylic acids is 1. The third-order valence-electron chi connectivity index (χ3n) is 8.05. The van der Waals surface area contributed by atoms with Crippen LogP contribution in [-0.4, -0.2) is 70.8 Å². The maximum atomic E-state index is 13.6. The molecule has 0 spiro atoms. The highest BCUT2D eigenvalue weighted by Gasteiger charge is 2.51. The number of halogens is 3. The molecule has 6 rings (SSSR count). The van der Waals surface area contributed by atoms with Crippen molar-refractivity contribution in [1.29, 1.82) is 0 Å². The molecule has 238 valence electrons. The van der Waals surface area contributed by atoms with Crippen LogP contribution in [0.15, 0.2) is 84.9 Å². The Hall–Kier alpha value is -4.82. The fourth-order valence-corrected chi connectivity index (χ4v) is 5.73. The number of hydrogen-bond donors (Lipinski definition) is 2. The molecule has 11 nitrogen and oxygen atoms in total. The van der Waals surface area contributed by atoms with Crippen molar-refractivity contribution in [3.05, 3.63) is 106 Å². The van der Waals surface area contributed by atoms with E-state index >= 15 is 0 Å². The molecule has 3 aliphatic rings. The second kappa shape index (κ2) is 13.4. The van der Waals surface area contributed by atoms with E-state index in [1.54, 1.807) is 48.5 Å². The van der Waals surface area contributed by atoms with Gasteiger partial charge in [-0.3, -0.25) is 14.9 Å². The molecule has 0 unspecified atom stereocenters. The number of non-ortho nitro benzene ring substituents is 1. The number of alkyl halides is 3. The highest BCUT2D eigenvalue weighted by Crippen LogP contribution is 2.38. The van der Waals surface area contributed by atoms with Crippen molar-refractivity contribution in [3.63, 3.8) is 0 Å². The molecule has 2 bridgehead atoms. The van der Waals surface area contributed by atoms with Crippen molar-refractivity contribution in [1.82, 2.24) is 0 Å². The molecule has 1 amide bonds. The first-order valence-electron chi connectivity index (χ1n) is 14.0. The summed E-state index contributed by atoms with van der Waals surface area (Å²) in [7, 11) is 0. The maximum absolute atomic E-state index is 13.6. The predicted molar refractivity (Wildman–Crippen MR) is 151 cm³/mol. The standard InChI is InChI=1S/C29H29N3O6.C2HF3O2/c33-27(30-24-11-13-25(14-12-24)31(36)37)20-32-17-15-21(16-18-32)26(19-32)38-28(34)29(35,22-7-3-1-4-8-22)23-9-5-2-6-10-23;3-2(4,5)1(6)7/h1-14,21,26,35H,15-20H2;(H,6,7)/t21?,26-,32?;/m0./s1. The fraction of sp³-hybridized carbons (Fsp3) is 0.323. The molecule has 3 aromatic rings. The summed E-state index contributed by atoms with van der Waals surface area (Å²) in [4.78, 5) is 45.8. The Kier molecular flexibility index (Phi) is 9.88. The number of quaternary nitrogens is 1. The van der Waals surface area contributed by atoms with Crippen LogP contribution >= 0.6 is 0 Å². The SMILES string of the molecule is O=C(C[N+]12CCC(CC1)[C@@H](OC(=O)C(O)(c1ccccc1)c1ccccc1)C2)Nc1ccc([N+](=O)[O-])cc1.O=C([O-])C(F)(F)F. The number of nitrogens with zero attached hydrogens (tertiary/aromatic N) is 2. The molecule has 14 heteroatoms. The second-order valence-electron chi connectivity index (χ2n) is 11.0. The van der Waals surface area contributed by atoms with Gasteiger partial charge in [0, 0.05) is 36.6 Å². The summed E-state index contributed by atoms with van der Waals surface area (Å²) in [6.45, 7) is 2.30. The van der Waals surface area contributed by atoms with Gasteiger partial charge < -0.3 is 29.5 Å². The Morgan fingerprint density at radius 2 is 1.40 bits per heavy atom. The average molecular weight is 630 g/mol. The van der Waals surface area contributed by atoms with E-state index in [0.29, 0.717) is 27.8 Å². The molecule has 45 heavy (non-hydrogen) atoms. The van der Waals surface area contributed by atoms with Gasteiger partial charge in [-0.1, -0.05) is 60.7 Å². The number of benzene rings is 3. The topological polar surface area (TPSA) is 159 Å².